The summed E-state index contributed by atoms with van der Waals surface area (Å²) in [5, 5.41) is 14.0. The predicted molar refractivity (Wildman–Crippen MR) is 77.3 cm³/mol. The van der Waals surface area contributed by atoms with E-state index in [1.165, 1.54) is 19.2 Å². The second-order valence-electron chi connectivity index (χ2n) is 4.76. The van der Waals surface area contributed by atoms with Crippen LogP contribution in [0.15, 0.2) is 24.3 Å². The zero-order valence-electron chi connectivity index (χ0n) is 12.4. The molecular weight excluding hydrogens is 276 g/mol. The van der Waals surface area contributed by atoms with Gasteiger partial charge in [0.15, 0.2) is 5.75 Å². The summed E-state index contributed by atoms with van der Waals surface area (Å²) in [5.74, 6) is -0.356. The van der Waals surface area contributed by atoms with Gasteiger partial charge in [-0.15, -0.1) is 0 Å². The molecule has 0 amide bonds. The molecule has 1 rings (SSSR count). The van der Waals surface area contributed by atoms with Gasteiger partial charge in [-0.2, -0.15) is 0 Å². The number of methoxy groups -OCH3 is 1. The van der Waals surface area contributed by atoms with Crippen molar-refractivity contribution >= 4 is 11.7 Å². The molecule has 1 aromatic carbocycles. The van der Waals surface area contributed by atoms with Crippen molar-refractivity contribution in [2.45, 2.75) is 25.8 Å². The first-order valence-electron chi connectivity index (χ1n) is 6.64. The van der Waals surface area contributed by atoms with E-state index in [9.17, 15) is 14.9 Å². The Morgan fingerprint density at radius 2 is 2.10 bits per heavy atom. The number of benzene rings is 1. The molecule has 0 aliphatic carbocycles. The van der Waals surface area contributed by atoms with Gasteiger partial charge < -0.3 is 9.47 Å². The zero-order chi connectivity index (χ0) is 15.9. The average Bonchev–Trinajstić information content (AvgIpc) is 2.50. The molecule has 0 aliphatic rings. The lowest BCUT2D eigenvalue weighted by Crippen LogP contribution is -2.54. The van der Waals surface area contributed by atoms with E-state index < -0.39 is 16.4 Å². The van der Waals surface area contributed by atoms with Gasteiger partial charge in [0.25, 0.3) is 0 Å². The second-order valence-corrected chi connectivity index (χ2v) is 4.76. The van der Waals surface area contributed by atoms with Gasteiger partial charge in [0, 0.05) is 6.07 Å². The number of carbonyl (C=O) groups is 1. The monoisotopic (exact) mass is 296 g/mol. The molecule has 0 aliphatic heterocycles. The van der Waals surface area contributed by atoms with Crippen molar-refractivity contribution in [2.75, 3.05) is 20.3 Å². The first-order chi connectivity index (χ1) is 9.94. The van der Waals surface area contributed by atoms with Crippen LogP contribution in [0.1, 0.15) is 20.3 Å². The topological polar surface area (TPSA) is 90.7 Å². The lowest BCUT2D eigenvalue weighted by molar-refractivity contribution is -0.385. The van der Waals surface area contributed by atoms with Crippen molar-refractivity contribution in [1.82, 2.24) is 5.32 Å². The maximum Gasteiger partial charge on any atom is 0.329 e. The van der Waals surface area contributed by atoms with Crippen molar-refractivity contribution in [1.29, 1.82) is 0 Å². The number of nitro groups is 1. The van der Waals surface area contributed by atoms with Gasteiger partial charge in [-0.1, -0.05) is 19.1 Å². The van der Waals surface area contributed by atoms with Gasteiger partial charge in [-0.25, -0.2) is 4.79 Å². The quantitative estimate of drug-likeness (QED) is 0.447. The highest BCUT2D eigenvalue weighted by Gasteiger charge is 2.35. The Labute approximate surface area is 123 Å². The molecule has 7 heteroatoms. The van der Waals surface area contributed by atoms with E-state index in [1.807, 2.05) is 6.92 Å². The number of hydrogen-bond acceptors (Lipinski definition) is 6. The SMILES string of the molecule is CCCNC(C)(COc1ccccc1[N+](=O)[O-])C(=O)OC. The fourth-order valence-electron chi connectivity index (χ4n) is 1.76. The molecule has 1 aromatic rings. The van der Waals surface area contributed by atoms with Gasteiger partial charge >= 0.3 is 11.7 Å². The molecule has 21 heavy (non-hydrogen) atoms. The molecule has 0 bridgehead atoms. The van der Waals surface area contributed by atoms with Crippen molar-refractivity contribution in [3.8, 4) is 5.75 Å². The number of carbonyl (C=O) groups excluding carboxylic acids is 1. The molecule has 0 aromatic heterocycles. The third-order valence-corrected chi connectivity index (χ3v) is 2.98. The van der Waals surface area contributed by atoms with Crippen LogP contribution in [-0.4, -0.2) is 36.7 Å². The largest absolute Gasteiger partial charge is 0.484 e. The average molecular weight is 296 g/mol. The molecule has 0 heterocycles. The first-order valence-corrected chi connectivity index (χ1v) is 6.64. The number of nitrogens with one attached hydrogen (secondary N) is 1. The van der Waals surface area contributed by atoms with Crippen LogP contribution < -0.4 is 10.1 Å². The Balaban J connectivity index is 2.87. The molecule has 1 atom stereocenters. The highest BCUT2D eigenvalue weighted by atomic mass is 16.6. The molecule has 1 N–H and O–H groups in total. The van der Waals surface area contributed by atoms with Crippen molar-refractivity contribution in [3.05, 3.63) is 34.4 Å². The maximum atomic E-state index is 11.9. The van der Waals surface area contributed by atoms with Crippen LogP contribution in [0.4, 0.5) is 5.69 Å². The Bertz CT molecular complexity index is 506. The normalized spacial score (nSPS) is 13.3. The fourth-order valence-corrected chi connectivity index (χ4v) is 1.76. The highest BCUT2D eigenvalue weighted by Crippen LogP contribution is 2.26. The zero-order valence-corrected chi connectivity index (χ0v) is 12.4. The second kappa shape index (κ2) is 7.58. The van der Waals surface area contributed by atoms with Crippen molar-refractivity contribution in [2.24, 2.45) is 0 Å². The molecule has 0 saturated heterocycles. The number of ether oxygens (including phenoxy) is 2. The van der Waals surface area contributed by atoms with Crippen molar-refractivity contribution < 1.29 is 19.2 Å². The van der Waals surface area contributed by atoms with Crippen LogP contribution in [0.3, 0.4) is 0 Å². The van der Waals surface area contributed by atoms with E-state index in [0.717, 1.165) is 6.42 Å². The summed E-state index contributed by atoms with van der Waals surface area (Å²) in [6.07, 6.45) is 0.831. The van der Waals surface area contributed by atoms with E-state index >= 15 is 0 Å². The minimum atomic E-state index is -1.06. The first kappa shape index (κ1) is 16.9. The molecule has 1 unspecified atom stereocenters. The Morgan fingerprint density at radius 1 is 1.43 bits per heavy atom. The van der Waals surface area contributed by atoms with Crippen LogP contribution in [0.5, 0.6) is 5.75 Å². The Kier molecular flexibility index (Phi) is 6.10. The van der Waals surface area contributed by atoms with E-state index in [1.54, 1.807) is 19.1 Å². The number of hydrogen-bond donors (Lipinski definition) is 1. The lowest BCUT2D eigenvalue weighted by atomic mass is 10.0. The summed E-state index contributed by atoms with van der Waals surface area (Å²) in [5.41, 5.74) is -1.20. The van der Waals surface area contributed by atoms with Crippen LogP contribution in [-0.2, 0) is 9.53 Å². The van der Waals surface area contributed by atoms with Crippen LogP contribution in [0.25, 0.3) is 0 Å². The van der Waals surface area contributed by atoms with Gasteiger partial charge in [-0.3, -0.25) is 15.4 Å². The fraction of sp³-hybridized carbons (Fsp3) is 0.500. The molecule has 0 radical (unpaired) electrons. The van der Waals surface area contributed by atoms with Crippen LogP contribution in [0.2, 0.25) is 0 Å². The number of rotatable bonds is 8. The summed E-state index contributed by atoms with van der Waals surface area (Å²) in [6.45, 7) is 4.15. The summed E-state index contributed by atoms with van der Waals surface area (Å²) in [6, 6.07) is 6.04. The molecule has 7 nitrogen and oxygen atoms in total. The van der Waals surface area contributed by atoms with Crippen molar-refractivity contribution in [3.63, 3.8) is 0 Å². The van der Waals surface area contributed by atoms with Gasteiger partial charge in [0.1, 0.15) is 12.1 Å². The van der Waals surface area contributed by atoms with Crippen LogP contribution >= 0.6 is 0 Å². The number of para-hydroxylation sites is 2. The van der Waals surface area contributed by atoms with Gasteiger partial charge in [0.2, 0.25) is 0 Å². The minimum absolute atomic E-state index is 0.0650. The van der Waals surface area contributed by atoms with E-state index in [-0.39, 0.29) is 18.0 Å². The summed E-state index contributed by atoms with van der Waals surface area (Å²) in [7, 11) is 1.29. The Hall–Kier alpha value is -2.15. The third kappa shape index (κ3) is 4.42. The molecule has 0 spiro atoms. The number of nitrogens with zero attached hydrogens (tertiary/aromatic N) is 1. The third-order valence-electron chi connectivity index (χ3n) is 2.98. The Morgan fingerprint density at radius 3 is 2.67 bits per heavy atom. The minimum Gasteiger partial charge on any atom is -0.484 e. The number of nitro benzene ring substituents is 1. The summed E-state index contributed by atoms with van der Waals surface area (Å²) in [4.78, 5) is 22.3. The molecule has 0 saturated carbocycles. The van der Waals surface area contributed by atoms with Gasteiger partial charge in [-0.05, 0) is 26.0 Å². The molecular formula is C14H20N2O5. The molecule has 116 valence electrons. The van der Waals surface area contributed by atoms with E-state index in [0.29, 0.717) is 6.54 Å². The van der Waals surface area contributed by atoms with E-state index in [2.05, 4.69) is 5.32 Å². The lowest BCUT2D eigenvalue weighted by Gasteiger charge is -2.27. The summed E-state index contributed by atoms with van der Waals surface area (Å²) >= 11 is 0. The van der Waals surface area contributed by atoms with Crippen LogP contribution in [0, 0.1) is 10.1 Å². The smallest absolute Gasteiger partial charge is 0.329 e. The standard InChI is InChI=1S/C14H20N2O5/c1-4-9-15-14(2,13(17)20-3)10-21-12-8-6-5-7-11(12)16(18)19/h5-8,15H,4,9-10H2,1-3H3. The van der Waals surface area contributed by atoms with Gasteiger partial charge in [0.05, 0.1) is 12.0 Å². The predicted octanol–water partition coefficient (Wildman–Crippen LogP) is 1.90. The van der Waals surface area contributed by atoms with E-state index in [4.69, 9.17) is 9.47 Å². The summed E-state index contributed by atoms with van der Waals surface area (Å²) < 4.78 is 10.2. The highest BCUT2D eigenvalue weighted by molar-refractivity contribution is 5.80. The number of esters is 1. The maximum absolute atomic E-state index is 11.9. The molecule has 0 fully saturated rings.